The Morgan fingerprint density at radius 2 is 1.95 bits per heavy atom. The van der Waals surface area contributed by atoms with E-state index in [4.69, 9.17) is 9.47 Å². The Kier molecular flexibility index (Phi) is 4.61. The van der Waals surface area contributed by atoms with Gasteiger partial charge >= 0.3 is 0 Å². The summed E-state index contributed by atoms with van der Waals surface area (Å²) in [4.78, 5) is 12.5. The molecule has 1 atom stereocenters. The average molecular weight is 301 g/mol. The molecule has 0 aliphatic rings. The summed E-state index contributed by atoms with van der Waals surface area (Å²) in [7, 11) is 3.06. The number of methoxy groups -OCH3 is 2. The van der Waals surface area contributed by atoms with Crippen LogP contribution in [0, 0.1) is 18.3 Å². The minimum Gasteiger partial charge on any atom is -0.493 e. The molecular weight excluding hydrogens is 286 g/mol. The van der Waals surface area contributed by atoms with Gasteiger partial charge in [-0.1, -0.05) is 6.07 Å². The van der Waals surface area contributed by atoms with Crippen LogP contribution in [0.4, 0.5) is 0 Å². The normalized spacial score (nSPS) is 11.5. The maximum absolute atomic E-state index is 12.5. The maximum Gasteiger partial charge on any atom is 0.185 e. The molecule has 108 valence electrons. The molecule has 0 fully saturated rings. The summed E-state index contributed by atoms with van der Waals surface area (Å²) < 4.78 is 10.4. The minimum absolute atomic E-state index is 0.191. The Hall–Kier alpha value is -2.32. The highest BCUT2D eigenvalue weighted by Gasteiger charge is 2.24. The summed E-state index contributed by atoms with van der Waals surface area (Å²) in [6.45, 7) is 1.87. The first kappa shape index (κ1) is 15.1. The van der Waals surface area contributed by atoms with Crippen molar-refractivity contribution in [1.82, 2.24) is 0 Å². The molecule has 1 unspecified atom stereocenters. The first-order chi connectivity index (χ1) is 10.1. The van der Waals surface area contributed by atoms with Crippen molar-refractivity contribution in [3.8, 4) is 17.6 Å². The van der Waals surface area contributed by atoms with Gasteiger partial charge in [0.05, 0.1) is 20.3 Å². The first-order valence-electron chi connectivity index (χ1n) is 6.31. The quantitative estimate of drug-likeness (QED) is 0.792. The van der Waals surface area contributed by atoms with Gasteiger partial charge in [0, 0.05) is 10.9 Å². The lowest BCUT2D eigenvalue weighted by atomic mass is 9.91. The monoisotopic (exact) mass is 301 g/mol. The van der Waals surface area contributed by atoms with Gasteiger partial charge in [-0.3, -0.25) is 4.79 Å². The number of hydrogen-bond donors (Lipinski definition) is 0. The lowest BCUT2D eigenvalue weighted by molar-refractivity contribution is 0.0978. The molecule has 0 bridgehead atoms. The zero-order valence-electron chi connectivity index (χ0n) is 12.0. The molecule has 0 saturated heterocycles. The molecule has 0 N–H and O–H groups in total. The molecule has 2 aromatic rings. The van der Waals surface area contributed by atoms with Crippen molar-refractivity contribution in [3.05, 3.63) is 45.6 Å². The van der Waals surface area contributed by atoms with Crippen molar-refractivity contribution in [2.24, 2.45) is 0 Å². The molecular formula is C16H15NO3S. The number of Topliss-reactive ketones (excluding diaryl/α,β-unsaturated/α-hetero) is 1. The number of carbonyl (C=O) groups is 1. The molecule has 5 heteroatoms. The Morgan fingerprint density at radius 1 is 1.24 bits per heavy atom. The minimum atomic E-state index is -0.849. The summed E-state index contributed by atoms with van der Waals surface area (Å²) in [5.74, 6) is 0.0313. The van der Waals surface area contributed by atoms with Crippen LogP contribution in [0.3, 0.4) is 0 Å². The average Bonchev–Trinajstić information content (AvgIpc) is 2.93. The van der Waals surface area contributed by atoms with Crippen molar-refractivity contribution in [2.45, 2.75) is 12.8 Å². The molecule has 0 saturated carbocycles. The number of hydrogen-bond acceptors (Lipinski definition) is 5. The Bertz CT molecular complexity index is 700. The van der Waals surface area contributed by atoms with E-state index in [0.717, 1.165) is 5.56 Å². The zero-order valence-corrected chi connectivity index (χ0v) is 12.9. The smallest absolute Gasteiger partial charge is 0.185 e. The van der Waals surface area contributed by atoms with Crippen molar-refractivity contribution in [3.63, 3.8) is 0 Å². The van der Waals surface area contributed by atoms with Gasteiger partial charge < -0.3 is 9.47 Å². The molecule has 1 aromatic heterocycles. The lowest BCUT2D eigenvalue weighted by Crippen LogP contribution is -2.11. The van der Waals surface area contributed by atoms with Crippen LogP contribution in [0.5, 0.6) is 11.5 Å². The van der Waals surface area contributed by atoms with Gasteiger partial charge in [0.15, 0.2) is 17.3 Å². The number of nitriles is 1. The van der Waals surface area contributed by atoms with E-state index in [9.17, 15) is 10.1 Å². The van der Waals surface area contributed by atoms with Crippen LogP contribution in [-0.4, -0.2) is 20.0 Å². The molecule has 0 radical (unpaired) electrons. The van der Waals surface area contributed by atoms with Gasteiger partial charge in [-0.25, -0.2) is 0 Å². The number of nitrogens with zero attached hydrogens (tertiary/aromatic N) is 1. The molecule has 0 spiro atoms. The first-order valence-corrected chi connectivity index (χ1v) is 7.25. The fourth-order valence-electron chi connectivity index (χ4n) is 2.09. The molecule has 0 aliphatic heterocycles. The highest BCUT2D eigenvalue weighted by Crippen LogP contribution is 2.32. The molecule has 0 aliphatic carbocycles. The second-order valence-electron chi connectivity index (χ2n) is 4.51. The number of aryl methyl sites for hydroxylation is 1. The van der Waals surface area contributed by atoms with E-state index in [1.165, 1.54) is 18.4 Å². The lowest BCUT2D eigenvalue weighted by Gasteiger charge is -2.12. The van der Waals surface area contributed by atoms with Gasteiger partial charge in [-0.05, 0) is 35.6 Å². The summed E-state index contributed by atoms with van der Waals surface area (Å²) >= 11 is 1.46. The standard InChI is InChI=1S/C16H15NO3S/c1-10-8-21-9-13(10)16(18)12(7-17)11-4-5-14(19-2)15(6-11)20-3/h4-6,8-9,12H,1-3H3. The van der Waals surface area contributed by atoms with Gasteiger partial charge in [-0.2, -0.15) is 16.6 Å². The third-order valence-corrected chi connectivity index (χ3v) is 4.11. The van der Waals surface area contributed by atoms with Gasteiger partial charge in [0.2, 0.25) is 0 Å². The van der Waals surface area contributed by atoms with Gasteiger partial charge in [-0.15, -0.1) is 0 Å². The molecule has 4 nitrogen and oxygen atoms in total. The van der Waals surface area contributed by atoms with Crippen molar-refractivity contribution < 1.29 is 14.3 Å². The van der Waals surface area contributed by atoms with E-state index >= 15 is 0 Å². The third-order valence-electron chi connectivity index (χ3n) is 3.25. The van der Waals surface area contributed by atoms with E-state index in [1.807, 2.05) is 12.3 Å². The fourth-order valence-corrected chi connectivity index (χ4v) is 2.92. The fraction of sp³-hybridized carbons (Fsp3) is 0.250. The Morgan fingerprint density at radius 3 is 2.48 bits per heavy atom. The van der Waals surface area contributed by atoms with Gasteiger partial charge in [0.25, 0.3) is 0 Å². The number of ether oxygens (including phenoxy) is 2. The van der Waals surface area contributed by atoms with Crippen LogP contribution in [0.15, 0.2) is 29.0 Å². The van der Waals surface area contributed by atoms with Crippen LogP contribution in [0.2, 0.25) is 0 Å². The van der Waals surface area contributed by atoms with Crippen molar-refractivity contribution in [2.75, 3.05) is 14.2 Å². The van der Waals surface area contributed by atoms with E-state index in [0.29, 0.717) is 22.6 Å². The van der Waals surface area contributed by atoms with Crippen LogP contribution in [0.25, 0.3) is 0 Å². The maximum atomic E-state index is 12.5. The van der Waals surface area contributed by atoms with E-state index in [-0.39, 0.29) is 5.78 Å². The number of rotatable bonds is 5. The number of thiophene rings is 1. The number of ketones is 1. The van der Waals surface area contributed by atoms with E-state index in [1.54, 1.807) is 30.7 Å². The second-order valence-corrected chi connectivity index (χ2v) is 5.25. The van der Waals surface area contributed by atoms with Crippen molar-refractivity contribution in [1.29, 1.82) is 5.26 Å². The van der Waals surface area contributed by atoms with Gasteiger partial charge in [0.1, 0.15) is 5.92 Å². The summed E-state index contributed by atoms with van der Waals surface area (Å²) in [6, 6.07) is 7.17. The predicted octanol–water partition coefficient (Wildman–Crippen LogP) is 3.56. The van der Waals surface area contributed by atoms with E-state index < -0.39 is 5.92 Å². The van der Waals surface area contributed by atoms with Crippen LogP contribution >= 0.6 is 11.3 Å². The number of benzene rings is 1. The van der Waals surface area contributed by atoms with Crippen LogP contribution in [-0.2, 0) is 0 Å². The highest BCUT2D eigenvalue weighted by atomic mass is 32.1. The topological polar surface area (TPSA) is 59.3 Å². The molecule has 2 rings (SSSR count). The zero-order chi connectivity index (χ0) is 15.4. The molecule has 1 heterocycles. The van der Waals surface area contributed by atoms with Crippen LogP contribution < -0.4 is 9.47 Å². The Labute approximate surface area is 127 Å². The summed E-state index contributed by atoms with van der Waals surface area (Å²) in [5, 5.41) is 13.1. The second kappa shape index (κ2) is 6.42. The largest absolute Gasteiger partial charge is 0.493 e. The molecule has 21 heavy (non-hydrogen) atoms. The van der Waals surface area contributed by atoms with Crippen LogP contribution in [0.1, 0.15) is 27.4 Å². The summed E-state index contributed by atoms with van der Waals surface area (Å²) in [6.07, 6.45) is 0. The molecule has 1 aromatic carbocycles. The molecule has 0 amide bonds. The van der Waals surface area contributed by atoms with E-state index in [2.05, 4.69) is 6.07 Å². The van der Waals surface area contributed by atoms with Crippen molar-refractivity contribution >= 4 is 17.1 Å². The Balaban J connectivity index is 2.41. The number of carbonyl (C=O) groups excluding carboxylic acids is 1. The SMILES string of the molecule is COc1ccc(C(C#N)C(=O)c2cscc2C)cc1OC. The summed E-state index contributed by atoms with van der Waals surface area (Å²) in [5.41, 5.74) is 2.10. The predicted molar refractivity (Wildman–Crippen MR) is 81.3 cm³/mol. The highest BCUT2D eigenvalue weighted by molar-refractivity contribution is 7.08. The third kappa shape index (κ3) is 2.91.